The first-order valence-electron chi connectivity index (χ1n) is 1.94. The van der Waals surface area contributed by atoms with Gasteiger partial charge in [-0.2, -0.15) is 0 Å². The summed E-state index contributed by atoms with van der Waals surface area (Å²) in [5.41, 5.74) is 0. The Kier molecular flexibility index (Phi) is 3.00. The van der Waals surface area contributed by atoms with Crippen LogP contribution in [-0.2, 0) is 9.53 Å². The SMILES string of the molecule is CC(=O)OC(C)Br. The molecule has 7 heavy (non-hydrogen) atoms. The summed E-state index contributed by atoms with van der Waals surface area (Å²) in [7, 11) is 0. The Morgan fingerprint density at radius 3 is 2.29 bits per heavy atom. The van der Waals surface area contributed by atoms with Crippen molar-refractivity contribution in [3.63, 3.8) is 0 Å². The summed E-state index contributed by atoms with van der Waals surface area (Å²) in [4.78, 5) is 10.0. The van der Waals surface area contributed by atoms with Crippen molar-refractivity contribution >= 4 is 21.9 Å². The molecule has 1 atom stereocenters. The van der Waals surface area contributed by atoms with Crippen molar-refractivity contribution < 1.29 is 9.53 Å². The van der Waals surface area contributed by atoms with E-state index in [4.69, 9.17) is 0 Å². The number of carbonyl (C=O) groups is 1. The molecule has 0 aromatic carbocycles. The molecule has 0 aliphatic heterocycles. The third kappa shape index (κ3) is 5.95. The van der Waals surface area contributed by atoms with Crippen LogP contribution in [0.2, 0.25) is 0 Å². The zero-order valence-corrected chi connectivity index (χ0v) is 5.86. The normalized spacial score (nSPS) is 13.0. The number of esters is 1. The highest BCUT2D eigenvalue weighted by Gasteiger charge is 1.95. The summed E-state index contributed by atoms with van der Waals surface area (Å²) in [6.07, 6.45) is 0. The van der Waals surface area contributed by atoms with Gasteiger partial charge in [-0.1, -0.05) is 0 Å². The van der Waals surface area contributed by atoms with E-state index in [1.807, 2.05) is 0 Å². The highest BCUT2D eigenvalue weighted by atomic mass is 79.9. The van der Waals surface area contributed by atoms with Crippen molar-refractivity contribution in [2.24, 2.45) is 0 Å². The van der Waals surface area contributed by atoms with E-state index in [1.165, 1.54) is 6.92 Å². The summed E-state index contributed by atoms with van der Waals surface area (Å²) in [5, 5.41) is -0.162. The van der Waals surface area contributed by atoms with Crippen LogP contribution in [0.15, 0.2) is 0 Å². The lowest BCUT2D eigenvalue weighted by Gasteiger charge is -1.99. The van der Waals surface area contributed by atoms with Gasteiger partial charge in [0.25, 0.3) is 0 Å². The van der Waals surface area contributed by atoms with Crippen LogP contribution >= 0.6 is 15.9 Å². The first-order chi connectivity index (χ1) is 3.13. The van der Waals surface area contributed by atoms with Crippen LogP contribution < -0.4 is 0 Å². The van der Waals surface area contributed by atoms with Crippen molar-refractivity contribution in [3.05, 3.63) is 0 Å². The molecule has 0 aliphatic rings. The number of ether oxygens (including phenoxy) is 1. The number of rotatable bonds is 1. The Balaban J connectivity index is 3.13. The van der Waals surface area contributed by atoms with Crippen molar-refractivity contribution in [2.75, 3.05) is 0 Å². The van der Waals surface area contributed by atoms with E-state index in [-0.39, 0.29) is 11.0 Å². The fraction of sp³-hybridized carbons (Fsp3) is 0.750. The molecule has 0 fully saturated rings. The summed E-state index contributed by atoms with van der Waals surface area (Å²) in [6, 6.07) is 0. The maximum absolute atomic E-state index is 10.0. The standard InChI is InChI=1S/C4H7BrO2/c1-3(5)7-4(2)6/h3H,1-2H3. The minimum Gasteiger partial charge on any atom is -0.451 e. The van der Waals surface area contributed by atoms with Gasteiger partial charge in [0.15, 0.2) is 5.01 Å². The predicted octanol–water partition coefficient (Wildman–Crippen LogP) is 1.29. The Morgan fingerprint density at radius 1 is 1.86 bits per heavy atom. The molecule has 0 N–H and O–H groups in total. The van der Waals surface area contributed by atoms with Crippen molar-refractivity contribution in [1.82, 2.24) is 0 Å². The zero-order chi connectivity index (χ0) is 5.86. The van der Waals surface area contributed by atoms with E-state index in [0.29, 0.717) is 0 Å². The number of carbonyl (C=O) groups excluding carboxylic acids is 1. The first-order valence-corrected chi connectivity index (χ1v) is 2.86. The van der Waals surface area contributed by atoms with Gasteiger partial charge in [-0.05, 0) is 22.9 Å². The average molecular weight is 167 g/mol. The minimum atomic E-state index is -0.260. The molecular formula is C4H7BrO2. The lowest BCUT2D eigenvalue weighted by Crippen LogP contribution is -2.03. The van der Waals surface area contributed by atoms with Crippen molar-refractivity contribution in [1.29, 1.82) is 0 Å². The largest absolute Gasteiger partial charge is 0.451 e. The molecule has 0 bridgehead atoms. The molecule has 42 valence electrons. The molecule has 0 saturated heterocycles. The molecule has 0 aromatic rings. The van der Waals surface area contributed by atoms with Gasteiger partial charge < -0.3 is 4.74 Å². The molecule has 0 rings (SSSR count). The quantitative estimate of drug-likeness (QED) is 0.434. The molecule has 3 heteroatoms. The van der Waals surface area contributed by atoms with E-state index in [0.717, 1.165) is 0 Å². The van der Waals surface area contributed by atoms with Crippen LogP contribution in [0.1, 0.15) is 13.8 Å². The highest BCUT2D eigenvalue weighted by molar-refractivity contribution is 9.09. The Labute approximate surface area is 51.0 Å². The molecule has 0 aromatic heterocycles. The fourth-order valence-electron chi connectivity index (χ4n) is 0.229. The smallest absolute Gasteiger partial charge is 0.303 e. The number of alkyl halides is 1. The summed E-state index contributed by atoms with van der Waals surface area (Å²) < 4.78 is 4.53. The van der Waals surface area contributed by atoms with Crippen LogP contribution in [0.3, 0.4) is 0 Å². The van der Waals surface area contributed by atoms with E-state index in [9.17, 15) is 4.79 Å². The van der Waals surface area contributed by atoms with E-state index < -0.39 is 0 Å². The Morgan fingerprint density at radius 2 is 2.29 bits per heavy atom. The molecule has 0 saturated carbocycles. The molecule has 0 amide bonds. The number of hydrogen-bond donors (Lipinski definition) is 0. The van der Waals surface area contributed by atoms with Crippen LogP contribution in [0, 0.1) is 0 Å². The molecular weight excluding hydrogens is 160 g/mol. The molecule has 0 radical (unpaired) electrons. The topological polar surface area (TPSA) is 26.3 Å². The average Bonchev–Trinajstić information content (AvgIpc) is 1.27. The van der Waals surface area contributed by atoms with E-state index in [2.05, 4.69) is 20.7 Å². The highest BCUT2D eigenvalue weighted by Crippen LogP contribution is 1.97. The van der Waals surface area contributed by atoms with Crippen LogP contribution in [0.25, 0.3) is 0 Å². The number of hydrogen-bond acceptors (Lipinski definition) is 2. The summed E-state index contributed by atoms with van der Waals surface area (Å²) in [5.74, 6) is -0.260. The van der Waals surface area contributed by atoms with Crippen LogP contribution in [0.4, 0.5) is 0 Å². The van der Waals surface area contributed by atoms with Gasteiger partial charge in [0.1, 0.15) is 0 Å². The van der Waals surface area contributed by atoms with Crippen LogP contribution in [-0.4, -0.2) is 11.0 Å². The third-order valence-electron chi connectivity index (χ3n) is 0.328. The van der Waals surface area contributed by atoms with Crippen molar-refractivity contribution in [3.8, 4) is 0 Å². The van der Waals surface area contributed by atoms with Gasteiger partial charge in [-0.15, -0.1) is 0 Å². The monoisotopic (exact) mass is 166 g/mol. The zero-order valence-electron chi connectivity index (χ0n) is 4.27. The molecule has 2 nitrogen and oxygen atoms in total. The second kappa shape index (κ2) is 3.02. The predicted molar refractivity (Wildman–Crippen MR) is 30.2 cm³/mol. The second-order valence-corrected chi connectivity index (χ2v) is 2.44. The van der Waals surface area contributed by atoms with Gasteiger partial charge in [0.05, 0.1) is 0 Å². The van der Waals surface area contributed by atoms with Crippen LogP contribution in [0.5, 0.6) is 0 Å². The fourth-order valence-corrected chi connectivity index (χ4v) is 0.492. The van der Waals surface area contributed by atoms with Crippen molar-refractivity contribution in [2.45, 2.75) is 18.9 Å². The van der Waals surface area contributed by atoms with Gasteiger partial charge >= 0.3 is 5.97 Å². The summed E-state index contributed by atoms with van der Waals surface area (Å²) in [6.45, 7) is 3.11. The Bertz CT molecular complexity index is 70.1. The third-order valence-corrected chi connectivity index (χ3v) is 0.515. The molecule has 0 spiro atoms. The molecule has 0 aliphatic carbocycles. The Hall–Kier alpha value is -0.0500. The van der Waals surface area contributed by atoms with E-state index in [1.54, 1.807) is 6.92 Å². The number of halogens is 1. The maximum Gasteiger partial charge on any atom is 0.303 e. The van der Waals surface area contributed by atoms with Gasteiger partial charge in [-0.25, -0.2) is 0 Å². The maximum atomic E-state index is 10.0. The van der Waals surface area contributed by atoms with Gasteiger partial charge in [-0.3, -0.25) is 4.79 Å². The second-order valence-electron chi connectivity index (χ2n) is 1.15. The van der Waals surface area contributed by atoms with E-state index >= 15 is 0 Å². The molecule has 0 heterocycles. The van der Waals surface area contributed by atoms with Gasteiger partial charge in [0.2, 0.25) is 0 Å². The minimum absolute atomic E-state index is 0.162. The first kappa shape index (κ1) is 6.95. The lowest BCUT2D eigenvalue weighted by molar-refractivity contribution is -0.141. The summed E-state index contributed by atoms with van der Waals surface area (Å²) >= 11 is 3.03. The van der Waals surface area contributed by atoms with Gasteiger partial charge in [0, 0.05) is 6.92 Å². The molecule has 1 unspecified atom stereocenters. The lowest BCUT2D eigenvalue weighted by atomic mass is 10.8.